The van der Waals surface area contributed by atoms with Crippen LogP contribution in [-0.2, 0) is 13.0 Å². The van der Waals surface area contributed by atoms with Gasteiger partial charge >= 0.3 is 0 Å². The number of Topliss-reactive ketones (excluding diaryl/α,β-unsaturated/α-hetero) is 1. The van der Waals surface area contributed by atoms with Crippen LogP contribution in [0.4, 0.5) is 0 Å². The van der Waals surface area contributed by atoms with Crippen LogP contribution in [0.5, 0.6) is 0 Å². The van der Waals surface area contributed by atoms with E-state index in [1.165, 1.54) is 15.8 Å². The van der Waals surface area contributed by atoms with Gasteiger partial charge < -0.3 is 4.57 Å². The normalized spacial score (nSPS) is 11.1. The van der Waals surface area contributed by atoms with Crippen molar-refractivity contribution in [1.82, 2.24) is 4.57 Å². The summed E-state index contributed by atoms with van der Waals surface area (Å²) >= 11 is 1.61. The summed E-state index contributed by atoms with van der Waals surface area (Å²) in [5.74, 6) is 0.189. The first-order valence-corrected chi connectivity index (χ1v) is 7.67. The number of aromatic nitrogens is 1. The summed E-state index contributed by atoms with van der Waals surface area (Å²) in [5, 5.41) is 1.22. The van der Waals surface area contributed by atoms with Crippen LogP contribution in [0.25, 0.3) is 10.9 Å². The second-order valence-corrected chi connectivity index (χ2v) is 6.16. The average molecular weight is 283 g/mol. The number of thiophene rings is 1. The third kappa shape index (κ3) is 2.29. The van der Waals surface area contributed by atoms with Gasteiger partial charge in [-0.05, 0) is 43.2 Å². The SMILES string of the molecule is CCc1ccc(C(=O)Cn2ccc3c(C)cccc32)s1. The van der Waals surface area contributed by atoms with E-state index in [9.17, 15) is 4.79 Å². The number of carbonyl (C=O) groups is 1. The van der Waals surface area contributed by atoms with Crippen molar-refractivity contribution in [2.75, 3.05) is 0 Å². The zero-order chi connectivity index (χ0) is 14.1. The number of nitrogens with zero attached hydrogens (tertiary/aromatic N) is 1. The molecule has 0 saturated carbocycles. The number of carbonyl (C=O) groups excluding carboxylic acids is 1. The van der Waals surface area contributed by atoms with E-state index in [4.69, 9.17) is 0 Å². The van der Waals surface area contributed by atoms with Crippen LogP contribution < -0.4 is 0 Å². The lowest BCUT2D eigenvalue weighted by Gasteiger charge is -2.04. The first kappa shape index (κ1) is 13.1. The van der Waals surface area contributed by atoms with E-state index in [2.05, 4.69) is 38.1 Å². The van der Waals surface area contributed by atoms with Crippen molar-refractivity contribution in [2.45, 2.75) is 26.8 Å². The molecule has 0 saturated heterocycles. The van der Waals surface area contributed by atoms with Crippen LogP contribution in [0.1, 0.15) is 27.0 Å². The highest BCUT2D eigenvalue weighted by molar-refractivity contribution is 7.14. The first-order chi connectivity index (χ1) is 9.69. The Morgan fingerprint density at radius 1 is 1.20 bits per heavy atom. The molecule has 2 heterocycles. The Bertz CT molecular complexity index is 766. The first-order valence-electron chi connectivity index (χ1n) is 6.85. The van der Waals surface area contributed by atoms with Gasteiger partial charge in [-0.3, -0.25) is 4.79 Å². The highest BCUT2D eigenvalue weighted by Crippen LogP contribution is 2.22. The molecule has 0 unspecified atom stereocenters. The summed E-state index contributed by atoms with van der Waals surface area (Å²) in [5.41, 5.74) is 2.38. The van der Waals surface area contributed by atoms with Crippen molar-refractivity contribution >= 4 is 28.0 Å². The van der Waals surface area contributed by atoms with E-state index >= 15 is 0 Å². The van der Waals surface area contributed by atoms with E-state index in [0.29, 0.717) is 6.54 Å². The van der Waals surface area contributed by atoms with Gasteiger partial charge in [-0.25, -0.2) is 0 Å². The number of hydrogen-bond donors (Lipinski definition) is 0. The lowest BCUT2D eigenvalue weighted by atomic mass is 10.1. The van der Waals surface area contributed by atoms with E-state index in [1.807, 2.05) is 22.9 Å². The number of benzene rings is 1. The van der Waals surface area contributed by atoms with Gasteiger partial charge in [0, 0.05) is 22.0 Å². The van der Waals surface area contributed by atoms with E-state index < -0.39 is 0 Å². The summed E-state index contributed by atoms with van der Waals surface area (Å²) in [6, 6.07) is 12.3. The molecular weight excluding hydrogens is 266 g/mol. The maximum absolute atomic E-state index is 12.4. The quantitative estimate of drug-likeness (QED) is 0.648. The van der Waals surface area contributed by atoms with E-state index in [0.717, 1.165) is 16.8 Å². The molecule has 0 bridgehead atoms. The molecule has 0 N–H and O–H groups in total. The fraction of sp³-hybridized carbons (Fsp3) is 0.235. The molecule has 2 aromatic heterocycles. The Labute approximate surface area is 122 Å². The minimum atomic E-state index is 0.189. The van der Waals surface area contributed by atoms with Crippen LogP contribution >= 0.6 is 11.3 Å². The molecule has 0 spiro atoms. The van der Waals surface area contributed by atoms with Crippen molar-refractivity contribution in [3.05, 3.63) is 57.9 Å². The number of fused-ring (bicyclic) bond motifs is 1. The van der Waals surface area contributed by atoms with Crippen LogP contribution in [0, 0.1) is 6.92 Å². The smallest absolute Gasteiger partial charge is 0.192 e. The van der Waals surface area contributed by atoms with Gasteiger partial charge in [0.15, 0.2) is 5.78 Å². The molecule has 3 aromatic rings. The Morgan fingerprint density at radius 3 is 2.80 bits per heavy atom. The zero-order valence-corrected chi connectivity index (χ0v) is 12.5. The highest BCUT2D eigenvalue weighted by atomic mass is 32.1. The second kappa shape index (κ2) is 5.25. The Morgan fingerprint density at radius 2 is 2.05 bits per heavy atom. The molecule has 20 heavy (non-hydrogen) atoms. The third-order valence-electron chi connectivity index (χ3n) is 3.63. The molecule has 1 aromatic carbocycles. The number of ketones is 1. The Hall–Kier alpha value is -1.87. The van der Waals surface area contributed by atoms with Crippen molar-refractivity contribution in [3.8, 4) is 0 Å². The molecule has 2 nitrogen and oxygen atoms in total. The van der Waals surface area contributed by atoms with E-state index in [1.54, 1.807) is 11.3 Å². The monoisotopic (exact) mass is 283 g/mol. The molecule has 3 rings (SSSR count). The molecule has 0 amide bonds. The third-order valence-corrected chi connectivity index (χ3v) is 4.90. The van der Waals surface area contributed by atoms with Crippen LogP contribution in [0.2, 0.25) is 0 Å². The standard InChI is InChI=1S/C17H17NOS/c1-3-13-7-8-17(20-13)16(19)11-18-10-9-14-12(2)5-4-6-15(14)18/h4-10H,3,11H2,1-2H3. The molecule has 0 radical (unpaired) electrons. The average Bonchev–Trinajstić information content (AvgIpc) is 3.07. The summed E-state index contributed by atoms with van der Waals surface area (Å²) in [4.78, 5) is 14.5. The fourth-order valence-corrected chi connectivity index (χ4v) is 3.34. The molecule has 0 aliphatic heterocycles. The van der Waals surface area contributed by atoms with Gasteiger partial charge in [0.05, 0.1) is 11.4 Å². The van der Waals surface area contributed by atoms with Crippen LogP contribution in [0.3, 0.4) is 0 Å². The van der Waals surface area contributed by atoms with Crippen molar-refractivity contribution in [2.24, 2.45) is 0 Å². The van der Waals surface area contributed by atoms with Crippen LogP contribution in [-0.4, -0.2) is 10.4 Å². The minimum absolute atomic E-state index is 0.189. The largest absolute Gasteiger partial charge is 0.340 e. The summed E-state index contributed by atoms with van der Waals surface area (Å²) < 4.78 is 2.04. The summed E-state index contributed by atoms with van der Waals surface area (Å²) in [6.07, 6.45) is 2.99. The number of rotatable bonds is 4. The van der Waals surface area contributed by atoms with Crippen molar-refractivity contribution in [3.63, 3.8) is 0 Å². The number of hydrogen-bond acceptors (Lipinski definition) is 2. The molecule has 0 atom stereocenters. The second-order valence-electron chi connectivity index (χ2n) is 4.99. The van der Waals surface area contributed by atoms with Gasteiger partial charge in [0.2, 0.25) is 0 Å². The number of aryl methyl sites for hydroxylation is 2. The maximum Gasteiger partial charge on any atom is 0.192 e. The van der Waals surface area contributed by atoms with Crippen molar-refractivity contribution in [1.29, 1.82) is 0 Å². The molecular formula is C17H17NOS. The van der Waals surface area contributed by atoms with Gasteiger partial charge in [-0.2, -0.15) is 0 Å². The summed E-state index contributed by atoms with van der Waals surface area (Å²) in [6.45, 7) is 4.63. The molecule has 0 aliphatic rings. The molecule has 102 valence electrons. The lowest BCUT2D eigenvalue weighted by Crippen LogP contribution is -2.07. The van der Waals surface area contributed by atoms with Crippen molar-refractivity contribution < 1.29 is 4.79 Å². The van der Waals surface area contributed by atoms with Gasteiger partial charge in [-0.15, -0.1) is 11.3 Å². The predicted molar refractivity (Wildman–Crippen MR) is 84.7 cm³/mol. The van der Waals surface area contributed by atoms with Gasteiger partial charge in [0.1, 0.15) is 0 Å². The predicted octanol–water partition coefficient (Wildman–Crippen LogP) is 4.46. The van der Waals surface area contributed by atoms with Gasteiger partial charge in [0.25, 0.3) is 0 Å². The summed E-state index contributed by atoms with van der Waals surface area (Å²) in [7, 11) is 0. The maximum atomic E-state index is 12.4. The lowest BCUT2D eigenvalue weighted by molar-refractivity contribution is 0.0977. The molecule has 3 heteroatoms. The fourth-order valence-electron chi connectivity index (χ4n) is 2.47. The van der Waals surface area contributed by atoms with Crippen LogP contribution in [0.15, 0.2) is 42.6 Å². The topological polar surface area (TPSA) is 22.0 Å². The minimum Gasteiger partial charge on any atom is -0.340 e. The zero-order valence-electron chi connectivity index (χ0n) is 11.7. The Kier molecular flexibility index (Phi) is 3.45. The highest BCUT2D eigenvalue weighted by Gasteiger charge is 2.11. The molecule has 0 aliphatic carbocycles. The van der Waals surface area contributed by atoms with Gasteiger partial charge in [-0.1, -0.05) is 19.1 Å². The Balaban J connectivity index is 1.89. The molecule has 0 fully saturated rings. The van der Waals surface area contributed by atoms with E-state index in [-0.39, 0.29) is 5.78 Å².